The lowest BCUT2D eigenvalue weighted by atomic mass is 9.81. The smallest absolute Gasteiger partial charge is 0.136 e. The van der Waals surface area contributed by atoms with Crippen LogP contribution in [0.15, 0.2) is 174 Å². The molecule has 0 spiro atoms. The summed E-state index contributed by atoms with van der Waals surface area (Å²) < 4.78 is 139. The van der Waals surface area contributed by atoms with Crippen molar-refractivity contribution in [2.45, 2.75) is 0 Å². The van der Waals surface area contributed by atoms with E-state index in [2.05, 4.69) is 0 Å². The van der Waals surface area contributed by atoms with Crippen molar-refractivity contribution in [3.8, 4) is 44.5 Å². The van der Waals surface area contributed by atoms with Gasteiger partial charge in [-0.3, -0.25) is 0 Å². The van der Waals surface area contributed by atoms with Gasteiger partial charge in [0.2, 0.25) is 0 Å². The van der Waals surface area contributed by atoms with E-state index in [1.165, 1.54) is 0 Å². The lowest BCUT2D eigenvalue weighted by Gasteiger charge is -2.21. The zero-order chi connectivity index (χ0) is 42.8. The van der Waals surface area contributed by atoms with Gasteiger partial charge in [-0.25, -0.2) is 0 Å². The summed E-state index contributed by atoms with van der Waals surface area (Å²) in [5.41, 5.74) is 0.779. The number of hydrogen-bond donors (Lipinski definition) is 0. The predicted molar refractivity (Wildman–Crippen MR) is 190 cm³/mol. The highest BCUT2D eigenvalue weighted by Crippen LogP contribution is 2.50. The molecule has 1 heteroatoms. The van der Waals surface area contributed by atoms with E-state index in [4.69, 9.17) is 20.9 Å². The van der Waals surface area contributed by atoms with Crippen molar-refractivity contribution in [1.82, 2.24) is 0 Å². The van der Waals surface area contributed by atoms with E-state index in [9.17, 15) is 4.11 Å². The third kappa shape index (κ3) is 4.02. The Labute approximate surface area is 282 Å². The van der Waals surface area contributed by atoms with Gasteiger partial charge in [0, 0.05) is 16.3 Å². The molecule has 9 aromatic rings. The van der Waals surface area contributed by atoms with Crippen molar-refractivity contribution in [1.29, 1.82) is 0 Å². The van der Waals surface area contributed by atoms with Crippen molar-refractivity contribution >= 4 is 43.5 Å². The molecule has 0 unspecified atom stereocenters. The van der Waals surface area contributed by atoms with Gasteiger partial charge in [0.15, 0.2) is 0 Å². The Bertz CT molecular complexity index is 3290. The zero-order valence-corrected chi connectivity index (χ0v) is 23.4. The zero-order valence-electron chi connectivity index (χ0n) is 38.4. The lowest BCUT2D eigenvalue weighted by Crippen LogP contribution is -1.94. The molecule has 0 saturated heterocycles. The van der Waals surface area contributed by atoms with Gasteiger partial charge in [0.1, 0.15) is 11.2 Å². The van der Waals surface area contributed by atoms with E-state index in [1.807, 2.05) is 0 Å². The SMILES string of the molecule is [2H]c1c([2H])c([2H])c(-c2c([2H])c([2H])c([2H])c([2H])c2-c2c3ccccc3c(-c3c([2H])c([2H])c4oc5c([2H])c([2H])c([2H])c([2H])c5c4c3-c3ccccc3)c3ccccc23)c([2H])c1[2H]. The molecule has 1 aromatic heterocycles. The summed E-state index contributed by atoms with van der Waals surface area (Å²) in [5, 5.41) is 1.99. The second-order valence-electron chi connectivity index (χ2n) is 10.5. The number of benzene rings is 8. The largest absolute Gasteiger partial charge is 0.456 e. The molecule has 1 heterocycles. The number of hydrogen-bond acceptors (Lipinski definition) is 1. The molecule has 0 aliphatic carbocycles. The van der Waals surface area contributed by atoms with Gasteiger partial charge in [-0.15, -0.1) is 0 Å². The topological polar surface area (TPSA) is 13.1 Å². The first kappa shape index (κ1) is 14.7. The van der Waals surface area contributed by atoms with E-state index in [0.29, 0.717) is 38.2 Å². The standard InChI is InChI=1S/C44H28O/c1-3-15-29(16-4-1)31-19-7-8-20-32(31)42-33-21-9-11-23-35(33)43(36-24-12-10-22-34(36)42)38-27-28-40-44(37-25-13-14-26-39(37)45-40)41(38)30-17-5-2-6-18-30/h1-28H/i1D,3D,4D,7D,8D,13D,14D,15D,16D,19D,20D,25D,26D,27D,28D. The van der Waals surface area contributed by atoms with Gasteiger partial charge in [0.25, 0.3) is 0 Å². The molecule has 9 rings (SSSR count). The first-order chi connectivity index (χ1) is 28.6. The van der Waals surface area contributed by atoms with E-state index >= 15 is 0 Å². The van der Waals surface area contributed by atoms with Crippen molar-refractivity contribution in [2.75, 3.05) is 0 Å². The maximum Gasteiger partial charge on any atom is 0.136 e. The molecule has 8 aromatic carbocycles. The van der Waals surface area contributed by atoms with Gasteiger partial charge in [0.05, 0.1) is 20.6 Å². The van der Waals surface area contributed by atoms with Crippen LogP contribution in [0.2, 0.25) is 0 Å². The van der Waals surface area contributed by atoms with Crippen molar-refractivity contribution in [3.63, 3.8) is 0 Å². The molecule has 0 saturated carbocycles. The first-order valence-electron chi connectivity index (χ1n) is 21.7. The summed E-state index contributed by atoms with van der Waals surface area (Å²) in [7, 11) is 0. The fraction of sp³-hybridized carbons (Fsp3) is 0. The molecule has 1 nitrogen and oxygen atoms in total. The van der Waals surface area contributed by atoms with Crippen LogP contribution >= 0.6 is 0 Å². The van der Waals surface area contributed by atoms with Gasteiger partial charge in [-0.05, 0) is 78.6 Å². The third-order valence-electron chi connectivity index (χ3n) is 8.07. The van der Waals surface area contributed by atoms with Gasteiger partial charge in [-0.1, -0.05) is 151 Å². The fourth-order valence-electron chi connectivity index (χ4n) is 6.26. The van der Waals surface area contributed by atoms with Crippen LogP contribution in [0.1, 0.15) is 20.6 Å². The van der Waals surface area contributed by atoms with Crippen LogP contribution in [0.4, 0.5) is 0 Å². The minimum atomic E-state index is -0.677. The Balaban J connectivity index is 1.54. The van der Waals surface area contributed by atoms with Crippen LogP contribution in [-0.4, -0.2) is 0 Å². The van der Waals surface area contributed by atoms with Gasteiger partial charge in [-0.2, -0.15) is 0 Å². The molecule has 0 amide bonds. The first-order valence-corrected chi connectivity index (χ1v) is 14.2. The summed E-state index contributed by atoms with van der Waals surface area (Å²) in [4.78, 5) is 0. The molecule has 0 atom stereocenters. The maximum atomic E-state index is 9.70. The second kappa shape index (κ2) is 10.4. The monoisotopic (exact) mass is 587 g/mol. The van der Waals surface area contributed by atoms with E-state index in [-0.39, 0.29) is 62.3 Å². The average molecular weight is 588 g/mol. The maximum absolute atomic E-state index is 9.70. The molecular weight excluding hydrogens is 544 g/mol. The van der Waals surface area contributed by atoms with Crippen LogP contribution in [0.3, 0.4) is 0 Å². The molecule has 0 radical (unpaired) electrons. The van der Waals surface area contributed by atoms with Crippen LogP contribution in [0, 0.1) is 0 Å². The summed E-state index contributed by atoms with van der Waals surface area (Å²) >= 11 is 0. The van der Waals surface area contributed by atoms with E-state index in [1.54, 1.807) is 78.9 Å². The molecule has 210 valence electrons. The number of para-hydroxylation sites is 1. The summed E-state index contributed by atoms with van der Waals surface area (Å²) in [6.07, 6.45) is 0. The van der Waals surface area contributed by atoms with Crippen molar-refractivity contribution in [3.05, 3.63) is 169 Å². The highest BCUT2D eigenvalue weighted by molar-refractivity contribution is 6.25. The van der Waals surface area contributed by atoms with Gasteiger partial charge < -0.3 is 4.42 Å². The highest BCUT2D eigenvalue weighted by atomic mass is 16.3. The normalized spacial score (nSPS) is 16.2. The van der Waals surface area contributed by atoms with Crippen LogP contribution in [-0.2, 0) is 0 Å². The molecule has 0 fully saturated rings. The minimum Gasteiger partial charge on any atom is -0.456 e. The van der Waals surface area contributed by atoms with Crippen molar-refractivity contribution in [2.24, 2.45) is 0 Å². The van der Waals surface area contributed by atoms with Crippen molar-refractivity contribution < 1.29 is 25.0 Å². The Hall–Kier alpha value is -5.92. The quantitative estimate of drug-likeness (QED) is 0.187. The van der Waals surface area contributed by atoms with Gasteiger partial charge >= 0.3 is 0 Å². The number of furan rings is 1. The molecule has 45 heavy (non-hydrogen) atoms. The summed E-state index contributed by atoms with van der Waals surface area (Å²) in [6.45, 7) is 0. The Morgan fingerprint density at radius 2 is 0.911 bits per heavy atom. The Kier molecular flexibility index (Phi) is 3.39. The number of fused-ring (bicyclic) bond motifs is 5. The van der Waals surface area contributed by atoms with E-state index < -0.39 is 78.1 Å². The van der Waals surface area contributed by atoms with Crippen LogP contribution < -0.4 is 0 Å². The Morgan fingerprint density at radius 3 is 1.60 bits per heavy atom. The molecule has 0 N–H and O–H groups in total. The molecule has 0 aliphatic heterocycles. The van der Waals surface area contributed by atoms with Crippen LogP contribution in [0.5, 0.6) is 0 Å². The van der Waals surface area contributed by atoms with E-state index in [0.717, 1.165) is 0 Å². The van der Waals surface area contributed by atoms with Crippen LogP contribution in [0.25, 0.3) is 88.0 Å². The number of rotatable bonds is 4. The molecular formula is C44H28O. The molecule has 0 aliphatic rings. The third-order valence-corrected chi connectivity index (χ3v) is 8.07. The minimum absolute atomic E-state index is 0.0402. The fourth-order valence-corrected chi connectivity index (χ4v) is 6.26. The lowest BCUT2D eigenvalue weighted by molar-refractivity contribution is 0.669. The summed E-state index contributed by atoms with van der Waals surface area (Å²) in [5.74, 6) is 0. The molecule has 0 bridgehead atoms. The Morgan fingerprint density at radius 1 is 0.356 bits per heavy atom. The second-order valence-corrected chi connectivity index (χ2v) is 10.5. The average Bonchev–Trinajstić information content (AvgIpc) is 3.66. The predicted octanol–water partition coefficient (Wildman–Crippen LogP) is 12.6. The summed E-state index contributed by atoms with van der Waals surface area (Å²) in [6, 6.07) is 14.7. The highest BCUT2D eigenvalue weighted by Gasteiger charge is 2.23.